The Morgan fingerprint density at radius 2 is 1.29 bits per heavy atom. The number of ether oxygens (including phenoxy) is 2. The first-order chi connectivity index (χ1) is 15.3. The predicted octanol–water partition coefficient (Wildman–Crippen LogP) is 6.56. The summed E-state index contributed by atoms with van der Waals surface area (Å²) in [6, 6.07) is 32.1. The number of rotatable bonds is 0. The highest BCUT2D eigenvalue weighted by Gasteiger charge is 2.54. The summed E-state index contributed by atoms with van der Waals surface area (Å²) < 4.78 is 12.9. The van der Waals surface area contributed by atoms with Crippen LogP contribution in [0.15, 0.2) is 97.1 Å². The third kappa shape index (κ3) is 2.00. The van der Waals surface area contributed by atoms with Gasteiger partial charge in [-0.2, -0.15) is 0 Å². The van der Waals surface area contributed by atoms with E-state index >= 15 is 0 Å². The van der Waals surface area contributed by atoms with Gasteiger partial charge in [-0.25, -0.2) is 4.79 Å². The highest BCUT2D eigenvalue weighted by molar-refractivity contribution is 6.01. The maximum atomic E-state index is 13.1. The van der Waals surface area contributed by atoms with Gasteiger partial charge in [0.1, 0.15) is 11.5 Å². The van der Waals surface area contributed by atoms with Crippen molar-refractivity contribution >= 4 is 27.5 Å². The van der Waals surface area contributed by atoms with Crippen LogP contribution in [0.2, 0.25) is 0 Å². The summed E-state index contributed by atoms with van der Waals surface area (Å²) >= 11 is 0. The molecule has 31 heavy (non-hydrogen) atoms. The lowest BCUT2D eigenvalue weighted by Crippen LogP contribution is -2.33. The van der Waals surface area contributed by atoms with Gasteiger partial charge in [0.2, 0.25) is 0 Å². The first-order valence-corrected chi connectivity index (χ1v) is 10.3. The number of hydrogen-bond acceptors (Lipinski definition) is 3. The molecule has 0 radical (unpaired) electrons. The Morgan fingerprint density at radius 3 is 2.16 bits per heavy atom. The van der Waals surface area contributed by atoms with Gasteiger partial charge in [0, 0.05) is 16.5 Å². The number of esters is 1. The van der Waals surface area contributed by atoms with Crippen LogP contribution in [0.3, 0.4) is 0 Å². The zero-order chi connectivity index (χ0) is 20.6. The van der Waals surface area contributed by atoms with E-state index in [-0.39, 0.29) is 5.97 Å². The maximum absolute atomic E-state index is 13.1. The Bertz CT molecular complexity index is 1570. The molecular weight excluding hydrogens is 384 g/mol. The lowest BCUT2D eigenvalue weighted by Gasteiger charge is -2.37. The standard InChI is InChI=1S/C28H16O3/c29-27-21-11-5-6-12-22(21)28(31-27)23-15-13-18-8-2-4-10-20(18)26(23)30-24-16-14-17-7-1-3-9-19(17)25(24)28/h1-16H. The first-order valence-electron chi connectivity index (χ1n) is 10.3. The quantitative estimate of drug-likeness (QED) is 0.276. The molecule has 2 aliphatic heterocycles. The van der Waals surface area contributed by atoms with Crippen LogP contribution in [0.5, 0.6) is 11.5 Å². The van der Waals surface area contributed by atoms with E-state index in [0.717, 1.165) is 44.0 Å². The van der Waals surface area contributed by atoms with Crippen LogP contribution in [0, 0.1) is 0 Å². The van der Waals surface area contributed by atoms with Crippen LogP contribution in [-0.2, 0) is 10.3 Å². The number of fused-ring (bicyclic) bond motifs is 10. The molecule has 1 spiro atoms. The minimum atomic E-state index is -1.05. The Kier molecular flexibility index (Phi) is 3.08. The van der Waals surface area contributed by atoms with Gasteiger partial charge in [-0.3, -0.25) is 0 Å². The normalized spacial score (nSPS) is 18.4. The summed E-state index contributed by atoms with van der Waals surface area (Å²) in [7, 11) is 0. The Labute approximate surface area is 178 Å². The molecule has 1 unspecified atom stereocenters. The molecule has 1 atom stereocenters. The van der Waals surface area contributed by atoms with Crippen LogP contribution in [-0.4, -0.2) is 5.97 Å². The van der Waals surface area contributed by atoms with Gasteiger partial charge in [-0.15, -0.1) is 0 Å². The third-order valence-electron chi connectivity index (χ3n) is 6.49. The molecule has 0 N–H and O–H groups in total. The van der Waals surface area contributed by atoms with E-state index in [1.807, 2.05) is 60.7 Å². The fraction of sp³-hybridized carbons (Fsp3) is 0.0357. The molecule has 0 aliphatic carbocycles. The van der Waals surface area contributed by atoms with Crippen LogP contribution < -0.4 is 4.74 Å². The van der Waals surface area contributed by atoms with E-state index in [4.69, 9.17) is 9.47 Å². The second-order valence-electron chi connectivity index (χ2n) is 8.04. The maximum Gasteiger partial charge on any atom is 0.340 e. The topological polar surface area (TPSA) is 35.5 Å². The largest absolute Gasteiger partial charge is 0.456 e. The lowest BCUT2D eigenvalue weighted by molar-refractivity contribution is 0.0230. The molecule has 2 heterocycles. The number of carbonyl (C=O) groups excluding carboxylic acids is 1. The second-order valence-corrected chi connectivity index (χ2v) is 8.04. The minimum Gasteiger partial charge on any atom is -0.456 e. The van der Waals surface area contributed by atoms with E-state index in [2.05, 4.69) is 36.4 Å². The van der Waals surface area contributed by atoms with Gasteiger partial charge >= 0.3 is 5.97 Å². The van der Waals surface area contributed by atoms with Crippen LogP contribution in [0.25, 0.3) is 21.5 Å². The van der Waals surface area contributed by atoms with Gasteiger partial charge in [0.25, 0.3) is 0 Å². The molecule has 0 saturated heterocycles. The van der Waals surface area contributed by atoms with E-state index in [1.54, 1.807) is 0 Å². The summed E-state index contributed by atoms with van der Waals surface area (Å²) in [5.74, 6) is 1.15. The fourth-order valence-electron chi connectivity index (χ4n) is 5.18. The Balaban J connectivity index is 1.70. The molecule has 5 aromatic rings. The highest BCUT2D eigenvalue weighted by Crippen LogP contribution is 2.58. The van der Waals surface area contributed by atoms with Gasteiger partial charge < -0.3 is 9.47 Å². The first kappa shape index (κ1) is 16.7. The molecule has 3 nitrogen and oxygen atoms in total. The van der Waals surface area contributed by atoms with Crippen molar-refractivity contribution in [2.45, 2.75) is 5.60 Å². The van der Waals surface area contributed by atoms with Gasteiger partial charge in [0.15, 0.2) is 5.60 Å². The molecule has 5 aromatic carbocycles. The van der Waals surface area contributed by atoms with Crippen LogP contribution in [0.4, 0.5) is 0 Å². The third-order valence-corrected chi connectivity index (χ3v) is 6.49. The van der Waals surface area contributed by atoms with Gasteiger partial charge in [-0.1, -0.05) is 78.9 Å². The van der Waals surface area contributed by atoms with Gasteiger partial charge in [0.05, 0.1) is 11.1 Å². The fourth-order valence-corrected chi connectivity index (χ4v) is 5.18. The number of hydrogen-bond donors (Lipinski definition) is 0. The summed E-state index contributed by atoms with van der Waals surface area (Å²) in [5.41, 5.74) is 2.14. The second kappa shape index (κ2) is 5.73. The summed E-state index contributed by atoms with van der Waals surface area (Å²) in [6.07, 6.45) is 0. The van der Waals surface area contributed by atoms with Crippen molar-refractivity contribution in [3.8, 4) is 11.5 Å². The molecule has 0 bridgehead atoms. The van der Waals surface area contributed by atoms with Gasteiger partial charge in [-0.05, 0) is 34.4 Å². The Hall–Kier alpha value is -4.11. The van der Waals surface area contributed by atoms with Crippen molar-refractivity contribution < 1.29 is 14.3 Å². The molecule has 0 aromatic heterocycles. The van der Waals surface area contributed by atoms with Crippen molar-refractivity contribution in [1.82, 2.24) is 0 Å². The predicted molar refractivity (Wildman–Crippen MR) is 120 cm³/mol. The van der Waals surface area contributed by atoms with Crippen molar-refractivity contribution in [3.63, 3.8) is 0 Å². The van der Waals surface area contributed by atoms with Crippen LogP contribution >= 0.6 is 0 Å². The van der Waals surface area contributed by atoms with Crippen molar-refractivity contribution in [2.24, 2.45) is 0 Å². The summed E-state index contributed by atoms with van der Waals surface area (Å²) in [6.45, 7) is 0. The van der Waals surface area contributed by atoms with Crippen molar-refractivity contribution in [3.05, 3.63) is 119 Å². The molecular formula is C28H16O3. The Morgan fingerprint density at radius 1 is 0.613 bits per heavy atom. The lowest BCUT2D eigenvalue weighted by atomic mass is 9.75. The zero-order valence-electron chi connectivity index (χ0n) is 16.5. The minimum absolute atomic E-state index is 0.310. The molecule has 0 saturated carbocycles. The number of benzene rings is 5. The SMILES string of the molecule is O=C1OC2(c3ccccc31)c1ccc3ccccc3c1Oc1ccc3ccccc3c12. The zero-order valence-corrected chi connectivity index (χ0v) is 16.5. The van der Waals surface area contributed by atoms with E-state index in [0.29, 0.717) is 11.3 Å². The van der Waals surface area contributed by atoms with Crippen LogP contribution in [0.1, 0.15) is 27.0 Å². The van der Waals surface area contributed by atoms with E-state index in [1.165, 1.54) is 0 Å². The molecule has 146 valence electrons. The number of carbonyl (C=O) groups is 1. The monoisotopic (exact) mass is 400 g/mol. The summed E-state index contributed by atoms with van der Waals surface area (Å²) in [5, 5.41) is 4.18. The molecule has 7 rings (SSSR count). The van der Waals surface area contributed by atoms with E-state index in [9.17, 15) is 4.79 Å². The van der Waals surface area contributed by atoms with Crippen molar-refractivity contribution in [1.29, 1.82) is 0 Å². The smallest absolute Gasteiger partial charge is 0.340 e. The molecule has 0 fully saturated rings. The average molecular weight is 400 g/mol. The average Bonchev–Trinajstić information content (AvgIpc) is 3.11. The molecule has 3 heteroatoms. The molecule has 2 aliphatic rings. The van der Waals surface area contributed by atoms with E-state index < -0.39 is 5.60 Å². The summed E-state index contributed by atoms with van der Waals surface area (Å²) in [4.78, 5) is 13.1. The van der Waals surface area contributed by atoms with Crippen molar-refractivity contribution in [2.75, 3.05) is 0 Å². The molecule has 0 amide bonds. The highest BCUT2D eigenvalue weighted by atomic mass is 16.6.